The first-order valence-corrected chi connectivity index (χ1v) is 17.6. The number of hydrogen-bond acceptors (Lipinski definition) is 8. The van der Waals surface area contributed by atoms with Gasteiger partial charge in [-0.15, -0.1) is 0 Å². The minimum absolute atomic E-state index is 0.0500. The Morgan fingerprint density at radius 3 is 2.66 bits per heavy atom. The maximum atomic E-state index is 13.6. The Bertz CT molecular complexity index is 1700. The molecule has 0 bridgehead atoms. The molecule has 4 atom stereocenters. The SMILES string of the molecule is [C-]#[N+]C[C@H]1CN(c2nc(OC[C@@H]3CCCN3C)nc3c2CCN(c2cccc4cccc(Cl)c24)C3)CCN1C(=O)[C@@H]1O[C@@H]1C1CCC1. The number of nitrogens with zero attached hydrogens (tertiary/aromatic N) is 7. The van der Waals surface area contributed by atoms with Crippen LogP contribution in [0.25, 0.3) is 15.6 Å². The van der Waals surface area contributed by atoms with Crippen molar-refractivity contribution in [3.8, 4) is 6.01 Å². The van der Waals surface area contributed by atoms with E-state index >= 15 is 0 Å². The van der Waals surface area contributed by atoms with Gasteiger partial charge in [-0.25, -0.2) is 6.57 Å². The molecule has 1 saturated carbocycles. The van der Waals surface area contributed by atoms with E-state index in [1.165, 1.54) is 12.8 Å². The third-order valence-corrected chi connectivity index (χ3v) is 11.3. The molecule has 47 heavy (non-hydrogen) atoms. The molecule has 1 amide bonds. The van der Waals surface area contributed by atoms with Gasteiger partial charge in [0.1, 0.15) is 18.5 Å². The molecule has 4 aliphatic heterocycles. The molecule has 4 fully saturated rings. The molecule has 5 heterocycles. The topological polar surface area (TPSA) is 81.9 Å². The molecule has 8 rings (SSSR count). The third kappa shape index (κ3) is 5.87. The van der Waals surface area contributed by atoms with Crippen LogP contribution < -0.4 is 14.5 Å². The van der Waals surface area contributed by atoms with Crippen molar-refractivity contribution in [1.82, 2.24) is 19.8 Å². The van der Waals surface area contributed by atoms with Gasteiger partial charge in [-0.2, -0.15) is 9.97 Å². The Balaban J connectivity index is 1.08. The highest BCUT2D eigenvalue weighted by Crippen LogP contribution is 2.43. The second-order valence-corrected chi connectivity index (χ2v) is 14.2. The molecule has 1 aromatic heterocycles. The maximum absolute atomic E-state index is 13.6. The highest BCUT2D eigenvalue weighted by molar-refractivity contribution is 6.36. The summed E-state index contributed by atoms with van der Waals surface area (Å²) in [5.74, 6) is 1.44. The summed E-state index contributed by atoms with van der Waals surface area (Å²) < 4.78 is 12.2. The number of carbonyl (C=O) groups excluding carboxylic acids is 1. The van der Waals surface area contributed by atoms with Gasteiger partial charge in [-0.1, -0.05) is 42.3 Å². The molecule has 3 aromatic rings. The number of fused-ring (bicyclic) bond motifs is 2. The van der Waals surface area contributed by atoms with E-state index in [1.54, 1.807) is 0 Å². The van der Waals surface area contributed by atoms with Crippen molar-refractivity contribution in [2.24, 2.45) is 5.92 Å². The first kappa shape index (κ1) is 30.7. The number of anilines is 2. The van der Waals surface area contributed by atoms with Crippen molar-refractivity contribution < 1.29 is 14.3 Å². The van der Waals surface area contributed by atoms with Gasteiger partial charge < -0.3 is 33.9 Å². The largest absolute Gasteiger partial charge is 0.462 e. The van der Waals surface area contributed by atoms with E-state index in [0.29, 0.717) is 50.8 Å². The van der Waals surface area contributed by atoms with Gasteiger partial charge in [-0.05, 0) is 69.1 Å². The van der Waals surface area contributed by atoms with Crippen LogP contribution in [0.4, 0.5) is 11.5 Å². The summed E-state index contributed by atoms with van der Waals surface area (Å²) in [6.07, 6.45) is 6.29. The summed E-state index contributed by atoms with van der Waals surface area (Å²) in [7, 11) is 2.15. The van der Waals surface area contributed by atoms with Crippen molar-refractivity contribution in [1.29, 1.82) is 0 Å². The number of piperazine rings is 1. The van der Waals surface area contributed by atoms with Crippen LogP contribution in [0.3, 0.4) is 0 Å². The van der Waals surface area contributed by atoms with Crippen LogP contribution in [0, 0.1) is 12.5 Å². The molecule has 2 aromatic carbocycles. The second kappa shape index (κ2) is 12.8. The van der Waals surface area contributed by atoms with Crippen LogP contribution in [-0.4, -0.2) is 103 Å². The minimum Gasteiger partial charge on any atom is -0.462 e. The van der Waals surface area contributed by atoms with E-state index in [0.717, 1.165) is 77.3 Å². The second-order valence-electron chi connectivity index (χ2n) is 13.8. The smallest absolute Gasteiger partial charge is 0.318 e. The average molecular weight is 656 g/mol. The van der Waals surface area contributed by atoms with Crippen molar-refractivity contribution in [3.63, 3.8) is 0 Å². The standard InChI is InChI=1S/C36H42ClN7O3/c1-38-19-26-20-43(17-18-44(26)35(45)33-32(47-33)24-9-3-10-24)34-27-14-16-42(30-13-5-8-23-7-4-12-28(37)31(23)30)21-29(27)39-36(40-34)46-22-25-11-6-15-41(25)2/h4-5,7-8,12-13,24-26,32-33H,3,6,9-11,14-22H2,2H3/t25-,26-,32+,33+/m0/s1. The number of likely N-dealkylation sites (N-methyl/N-ethyl adjacent to an activating group) is 1. The van der Waals surface area contributed by atoms with Gasteiger partial charge in [0.15, 0.2) is 6.10 Å². The summed E-state index contributed by atoms with van der Waals surface area (Å²) in [6.45, 7) is 12.7. The Kier molecular flexibility index (Phi) is 8.32. The molecule has 5 aliphatic rings. The van der Waals surface area contributed by atoms with Crippen LogP contribution in [0.2, 0.25) is 5.02 Å². The van der Waals surface area contributed by atoms with Gasteiger partial charge in [0, 0.05) is 48.9 Å². The Labute approximate surface area is 281 Å². The highest BCUT2D eigenvalue weighted by Gasteiger charge is 2.54. The summed E-state index contributed by atoms with van der Waals surface area (Å²) in [6, 6.07) is 12.9. The number of amides is 1. The Morgan fingerprint density at radius 2 is 1.89 bits per heavy atom. The monoisotopic (exact) mass is 655 g/mol. The van der Waals surface area contributed by atoms with Crippen molar-refractivity contribution in [3.05, 3.63) is 64.1 Å². The lowest BCUT2D eigenvalue weighted by atomic mass is 9.81. The van der Waals surface area contributed by atoms with Crippen molar-refractivity contribution in [2.45, 2.75) is 69.4 Å². The molecule has 0 radical (unpaired) electrons. The van der Waals surface area contributed by atoms with Crippen LogP contribution in [0.15, 0.2) is 36.4 Å². The van der Waals surface area contributed by atoms with Gasteiger partial charge in [0.05, 0.1) is 23.4 Å². The van der Waals surface area contributed by atoms with Crippen molar-refractivity contribution >= 4 is 39.8 Å². The lowest BCUT2D eigenvalue weighted by molar-refractivity contribution is -0.135. The van der Waals surface area contributed by atoms with Gasteiger partial charge in [0.25, 0.3) is 5.91 Å². The van der Waals surface area contributed by atoms with Crippen LogP contribution in [0.1, 0.15) is 43.4 Å². The lowest BCUT2D eigenvalue weighted by Gasteiger charge is -2.41. The van der Waals surface area contributed by atoms with E-state index < -0.39 is 0 Å². The van der Waals surface area contributed by atoms with Gasteiger partial charge >= 0.3 is 6.01 Å². The molecule has 11 heteroatoms. The predicted molar refractivity (Wildman–Crippen MR) is 182 cm³/mol. The fourth-order valence-corrected chi connectivity index (χ4v) is 8.31. The van der Waals surface area contributed by atoms with E-state index in [2.05, 4.69) is 50.9 Å². The number of rotatable bonds is 8. The summed E-state index contributed by atoms with van der Waals surface area (Å²) in [4.78, 5) is 36.3. The number of carbonyl (C=O) groups is 1. The number of benzene rings is 2. The first-order chi connectivity index (χ1) is 23.0. The molecular weight excluding hydrogens is 614 g/mol. The van der Waals surface area contributed by atoms with Crippen LogP contribution in [0.5, 0.6) is 6.01 Å². The summed E-state index contributed by atoms with van der Waals surface area (Å²) >= 11 is 6.74. The summed E-state index contributed by atoms with van der Waals surface area (Å²) in [5.41, 5.74) is 3.17. The van der Waals surface area contributed by atoms with Crippen LogP contribution >= 0.6 is 11.6 Å². The van der Waals surface area contributed by atoms with Gasteiger partial charge in [-0.3, -0.25) is 4.79 Å². The lowest BCUT2D eigenvalue weighted by Crippen LogP contribution is -2.58. The third-order valence-electron chi connectivity index (χ3n) is 11.0. The number of epoxide rings is 1. The Morgan fingerprint density at radius 1 is 1.04 bits per heavy atom. The highest BCUT2D eigenvalue weighted by atomic mass is 35.5. The quantitative estimate of drug-likeness (QED) is 0.252. The first-order valence-electron chi connectivity index (χ1n) is 17.2. The number of ether oxygens (including phenoxy) is 2. The van der Waals surface area contributed by atoms with Crippen molar-refractivity contribution in [2.75, 3.05) is 62.7 Å². The van der Waals surface area contributed by atoms with E-state index in [9.17, 15) is 4.79 Å². The van der Waals surface area contributed by atoms with E-state index in [1.807, 2.05) is 17.0 Å². The van der Waals surface area contributed by atoms with Gasteiger partial charge in [0.2, 0.25) is 6.54 Å². The molecule has 3 saturated heterocycles. The average Bonchev–Trinajstić information content (AvgIpc) is 3.72. The molecule has 1 aliphatic carbocycles. The summed E-state index contributed by atoms with van der Waals surface area (Å²) in [5, 5.41) is 2.91. The molecule has 10 nitrogen and oxygen atoms in total. The normalized spacial score (nSPS) is 26.2. The minimum atomic E-state index is -0.339. The van der Waals surface area contributed by atoms with E-state index in [-0.39, 0.29) is 30.7 Å². The molecular formula is C36H42ClN7O3. The zero-order valence-corrected chi connectivity index (χ0v) is 27.7. The van der Waals surface area contributed by atoms with E-state index in [4.69, 9.17) is 37.6 Å². The maximum Gasteiger partial charge on any atom is 0.318 e. The molecule has 0 unspecified atom stereocenters. The number of halogens is 1. The number of hydrogen-bond donors (Lipinski definition) is 0. The number of aromatic nitrogens is 2. The Hall–Kier alpha value is -3.65. The zero-order valence-electron chi connectivity index (χ0n) is 27.0. The molecule has 0 spiro atoms. The van der Waals surface area contributed by atoms with Crippen LogP contribution in [-0.2, 0) is 22.5 Å². The number of likely N-dealkylation sites (tertiary alicyclic amines) is 1. The fourth-order valence-electron chi connectivity index (χ4n) is 8.03. The zero-order chi connectivity index (χ0) is 32.1. The molecule has 246 valence electrons. The fraction of sp³-hybridized carbons (Fsp3) is 0.556. The predicted octanol–water partition coefficient (Wildman–Crippen LogP) is 4.82. The molecule has 0 N–H and O–H groups in total.